The molecule has 3 N–H and O–H groups in total. The summed E-state index contributed by atoms with van der Waals surface area (Å²) in [5.74, 6) is -1.33. The van der Waals surface area contributed by atoms with Crippen molar-refractivity contribution in [2.75, 3.05) is 19.0 Å². The van der Waals surface area contributed by atoms with Gasteiger partial charge in [-0.2, -0.15) is 0 Å². The quantitative estimate of drug-likeness (QED) is 0.225. The molecule has 0 spiro atoms. The van der Waals surface area contributed by atoms with Crippen LogP contribution in [0.2, 0.25) is 5.02 Å². The molecule has 1 saturated heterocycles. The fraction of sp³-hybridized carbons (Fsp3) is 0.486. The Hall–Kier alpha value is -4.43. The second-order valence-electron chi connectivity index (χ2n) is 14.7. The molecular formula is C37H45ClN6O7S. The van der Waals surface area contributed by atoms with Gasteiger partial charge in [0.05, 0.1) is 25.1 Å². The number of pyridine rings is 2. The third-order valence-corrected chi connectivity index (χ3v) is 11.8. The van der Waals surface area contributed by atoms with Gasteiger partial charge in [0.25, 0.3) is 5.91 Å². The average molecular weight is 754 g/mol. The van der Waals surface area contributed by atoms with Crippen molar-refractivity contribution in [3.8, 4) is 11.6 Å². The number of hydrogen-bond donors (Lipinski definition) is 3. The highest BCUT2D eigenvalue weighted by Crippen LogP contribution is 2.46. The Kier molecular flexibility index (Phi) is 9.57. The van der Waals surface area contributed by atoms with E-state index >= 15 is 0 Å². The van der Waals surface area contributed by atoms with Gasteiger partial charge in [0, 0.05) is 35.2 Å². The lowest BCUT2D eigenvalue weighted by molar-refractivity contribution is -0.141. The summed E-state index contributed by atoms with van der Waals surface area (Å²) < 4.78 is 47.9. The number of rotatable bonds is 12. The van der Waals surface area contributed by atoms with E-state index in [-0.39, 0.29) is 32.2 Å². The fourth-order valence-corrected chi connectivity index (χ4v) is 8.33. The molecule has 0 radical (unpaired) electrons. The zero-order valence-corrected chi connectivity index (χ0v) is 31.4. The molecule has 1 aliphatic heterocycles. The Morgan fingerprint density at radius 1 is 1.19 bits per heavy atom. The lowest BCUT2D eigenvalue weighted by Crippen LogP contribution is -2.58. The zero-order valence-electron chi connectivity index (χ0n) is 30.9. The van der Waals surface area contributed by atoms with Crippen LogP contribution in [0.3, 0.4) is 0 Å². The van der Waals surface area contributed by atoms with E-state index in [1.807, 2.05) is 19.9 Å². The second kappa shape index (κ2) is 13.8. The largest absolute Gasteiger partial charge is 0.494 e. The zero-order chi connectivity index (χ0) is 38.5. The standard InChI is InChI=1S/C37H45ClN6O7S/c1-8-22-17-37(22,35(47)43-52(48,49)25-10-11-25)42-32(45)28-16-24(51-33-27-15-23(38)9-12-26(27)29(50-7)18-39-33)19-44(28)34(46)31(36(4,5)6)41-30-14-20(2)13-21(3)40-30/h8-9,12-15,18,22,24-25,28,31H,1,10-11,16-17,19H2,2-7H3,(H,40,41)(H,42,45)(H,43,47)/t22-,24-,28+,31-,37-/m1/s1/i4D. The molecule has 6 rings (SSSR count). The van der Waals surface area contributed by atoms with Crippen molar-refractivity contribution < 1.29 is 33.6 Å². The molecule has 13 nitrogen and oxygen atoms in total. The number of benzene rings is 1. The van der Waals surface area contributed by atoms with Crippen LogP contribution in [0.15, 0.2) is 49.2 Å². The van der Waals surface area contributed by atoms with Crippen molar-refractivity contribution in [3.63, 3.8) is 0 Å². The summed E-state index contributed by atoms with van der Waals surface area (Å²) in [5.41, 5.74) is -0.819. The minimum atomic E-state index is -3.90. The van der Waals surface area contributed by atoms with E-state index in [9.17, 15) is 22.8 Å². The highest BCUT2D eigenvalue weighted by Gasteiger charge is 2.62. The molecule has 3 fully saturated rings. The van der Waals surface area contributed by atoms with Crippen LogP contribution < -0.4 is 24.8 Å². The normalized spacial score (nSPS) is 23.7. The number of nitrogens with one attached hydrogen (secondary N) is 3. The molecular weight excluding hydrogens is 708 g/mol. The van der Waals surface area contributed by atoms with Crippen LogP contribution in [0.1, 0.15) is 59.1 Å². The number of aryl methyl sites for hydroxylation is 2. The summed E-state index contributed by atoms with van der Waals surface area (Å²) in [6.45, 7) is 10.9. The van der Waals surface area contributed by atoms with E-state index in [2.05, 4.69) is 31.9 Å². The number of aromatic nitrogens is 2. The van der Waals surface area contributed by atoms with Gasteiger partial charge in [0.2, 0.25) is 27.7 Å². The Morgan fingerprint density at radius 2 is 1.94 bits per heavy atom. The number of likely N-dealkylation sites (tertiary alicyclic amines) is 1. The molecule has 1 aromatic carbocycles. The van der Waals surface area contributed by atoms with Gasteiger partial charge in [-0.1, -0.05) is 38.4 Å². The fourth-order valence-electron chi connectivity index (χ4n) is 6.79. The molecule has 3 amide bonds. The first kappa shape index (κ1) is 36.0. The number of hydrogen-bond acceptors (Lipinski definition) is 10. The van der Waals surface area contributed by atoms with Gasteiger partial charge in [-0.05, 0) is 74.4 Å². The number of nitrogens with zero attached hydrogens (tertiary/aromatic N) is 3. The summed E-state index contributed by atoms with van der Waals surface area (Å²) >= 11 is 6.35. The Morgan fingerprint density at radius 3 is 2.58 bits per heavy atom. The third kappa shape index (κ3) is 7.54. The van der Waals surface area contributed by atoms with Crippen LogP contribution in [0.25, 0.3) is 10.8 Å². The number of anilines is 1. The second-order valence-corrected chi connectivity index (χ2v) is 17.1. The SMILES string of the molecule is [2H]CC(C)(C)[C@H](Nc1cc(C)cc(C)n1)C(=O)N1C[C@H](Oc2ncc(OC)c3ccc(Cl)cc23)C[C@H]1C(=O)N[C@]1(C(=O)NS(=O)(=O)C2CC2)C[C@H]1C=C. The van der Waals surface area contributed by atoms with Crippen molar-refractivity contribution in [1.29, 1.82) is 0 Å². The van der Waals surface area contributed by atoms with Gasteiger partial charge < -0.3 is 25.0 Å². The third-order valence-electron chi connectivity index (χ3n) is 9.79. The smallest absolute Gasteiger partial charge is 0.259 e. The highest BCUT2D eigenvalue weighted by atomic mass is 35.5. The number of sulfonamides is 1. The first-order valence-electron chi connectivity index (χ1n) is 17.8. The Balaban J connectivity index is 1.34. The Labute approximate surface area is 310 Å². The summed E-state index contributed by atoms with van der Waals surface area (Å²) in [4.78, 5) is 53.1. The monoisotopic (exact) mass is 753 g/mol. The average Bonchev–Trinajstić information content (AvgIpc) is 4.03. The number of halogens is 1. The summed E-state index contributed by atoms with van der Waals surface area (Å²) in [6.07, 6.45) is 3.35. The number of fused-ring (bicyclic) bond motifs is 1. The maximum atomic E-state index is 14.8. The Bertz CT molecular complexity index is 2060. The number of methoxy groups -OCH3 is 1. The van der Waals surface area contributed by atoms with Crippen LogP contribution in [-0.4, -0.2) is 83.6 Å². The predicted molar refractivity (Wildman–Crippen MR) is 198 cm³/mol. The van der Waals surface area contributed by atoms with Gasteiger partial charge >= 0.3 is 0 Å². The molecule has 3 heterocycles. The van der Waals surface area contributed by atoms with Crippen molar-refractivity contribution in [1.82, 2.24) is 24.9 Å². The van der Waals surface area contributed by atoms with E-state index in [1.54, 1.807) is 38.1 Å². The van der Waals surface area contributed by atoms with E-state index in [4.69, 9.17) is 22.4 Å². The molecule has 2 aliphatic carbocycles. The van der Waals surface area contributed by atoms with Gasteiger partial charge in [-0.3, -0.25) is 19.1 Å². The summed E-state index contributed by atoms with van der Waals surface area (Å²) in [5, 5.41) is 7.13. The van der Waals surface area contributed by atoms with E-state index in [0.29, 0.717) is 40.2 Å². The molecule has 2 saturated carbocycles. The summed E-state index contributed by atoms with van der Waals surface area (Å²) in [7, 11) is -2.38. The molecule has 0 unspecified atom stereocenters. The lowest BCUT2D eigenvalue weighted by atomic mass is 9.85. The van der Waals surface area contributed by atoms with Crippen molar-refractivity contribution in [2.45, 2.75) is 89.3 Å². The maximum absolute atomic E-state index is 14.8. The van der Waals surface area contributed by atoms with Crippen LogP contribution >= 0.6 is 11.6 Å². The van der Waals surface area contributed by atoms with Gasteiger partial charge in [-0.15, -0.1) is 6.58 Å². The van der Waals surface area contributed by atoms with Crippen molar-refractivity contribution in [2.24, 2.45) is 11.3 Å². The molecule has 5 atom stereocenters. The van der Waals surface area contributed by atoms with Gasteiger partial charge in [0.15, 0.2) is 0 Å². The van der Waals surface area contributed by atoms with Crippen LogP contribution in [0.4, 0.5) is 5.82 Å². The topological polar surface area (TPSA) is 169 Å². The first-order valence-corrected chi connectivity index (χ1v) is 19.1. The van der Waals surface area contributed by atoms with Crippen LogP contribution in [0.5, 0.6) is 11.6 Å². The minimum absolute atomic E-state index is 0.0139. The molecule has 0 bridgehead atoms. The molecule has 278 valence electrons. The highest BCUT2D eigenvalue weighted by molar-refractivity contribution is 7.91. The van der Waals surface area contributed by atoms with E-state index in [1.165, 1.54) is 24.3 Å². The van der Waals surface area contributed by atoms with Crippen molar-refractivity contribution >= 4 is 55.9 Å². The van der Waals surface area contributed by atoms with E-state index in [0.717, 1.165) is 11.3 Å². The van der Waals surface area contributed by atoms with E-state index < -0.39 is 68.1 Å². The summed E-state index contributed by atoms with van der Waals surface area (Å²) in [6, 6.07) is 6.76. The maximum Gasteiger partial charge on any atom is 0.259 e. The molecule has 52 heavy (non-hydrogen) atoms. The lowest BCUT2D eigenvalue weighted by Gasteiger charge is -2.36. The number of carbonyl (C=O) groups is 3. The van der Waals surface area contributed by atoms with Gasteiger partial charge in [-0.25, -0.2) is 18.4 Å². The number of carbonyl (C=O) groups excluding carboxylic acids is 3. The van der Waals surface area contributed by atoms with Crippen LogP contribution in [-0.2, 0) is 24.4 Å². The molecule has 15 heteroatoms. The first-order chi connectivity index (χ1) is 25.0. The van der Waals surface area contributed by atoms with Gasteiger partial charge in [0.1, 0.15) is 35.3 Å². The molecule has 3 aliphatic rings. The number of amides is 3. The number of ether oxygens (including phenoxy) is 2. The predicted octanol–water partition coefficient (Wildman–Crippen LogP) is 4.45. The van der Waals surface area contributed by atoms with Crippen molar-refractivity contribution in [3.05, 3.63) is 65.5 Å². The molecule has 3 aromatic rings. The minimum Gasteiger partial charge on any atom is -0.494 e. The van der Waals surface area contributed by atoms with Crippen LogP contribution in [0, 0.1) is 25.2 Å². The molecule has 2 aromatic heterocycles.